The molecule has 1 amide bonds. The molecule has 0 spiro atoms. The number of halogens is 3. The number of alkyl halides is 2. The molecule has 1 aliphatic rings. The van der Waals surface area contributed by atoms with Crippen molar-refractivity contribution < 1.29 is 27.4 Å². The number of rotatable bonds is 6. The minimum absolute atomic E-state index is 0.237. The molecule has 1 aromatic heterocycles. The molecule has 0 unspecified atom stereocenters. The van der Waals surface area contributed by atoms with E-state index in [4.69, 9.17) is 4.74 Å². The van der Waals surface area contributed by atoms with Gasteiger partial charge in [-0.3, -0.25) is 9.88 Å². The predicted molar refractivity (Wildman–Crippen MR) is 91.9 cm³/mol. The molecule has 0 N–H and O–H groups in total. The summed E-state index contributed by atoms with van der Waals surface area (Å²) in [6.45, 7) is 2.85. The van der Waals surface area contributed by atoms with Crippen molar-refractivity contribution >= 4 is 6.09 Å². The van der Waals surface area contributed by atoms with Gasteiger partial charge in [0.1, 0.15) is 6.61 Å². The Balaban J connectivity index is 1.91. The molecule has 1 aliphatic heterocycles. The second-order valence-corrected chi connectivity index (χ2v) is 6.00. The summed E-state index contributed by atoms with van der Waals surface area (Å²) in [5, 5.41) is 0. The Morgan fingerprint density at radius 3 is 2.89 bits per heavy atom. The third kappa shape index (κ3) is 4.05. The lowest BCUT2D eigenvalue weighted by Gasteiger charge is -2.20. The molecule has 0 saturated carbocycles. The first-order chi connectivity index (χ1) is 12.9. The van der Waals surface area contributed by atoms with Crippen molar-refractivity contribution in [2.75, 3.05) is 6.61 Å². The molecule has 1 fully saturated rings. The standard InChI is InChI=1S/C19H17F3N2O3/c1-3-15-10-26-19(25)24(15)9-14-6-13(8-23-11(14)2)12-4-5-16(20)17(7-12)27-18(21)22/h3-8,15,18H,1,9-10H2,2H3/t15-/m0/s1. The highest BCUT2D eigenvalue weighted by atomic mass is 19.3. The summed E-state index contributed by atoms with van der Waals surface area (Å²) in [5.41, 5.74) is 2.49. The zero-order valence-corrected chi connectivity index (χ0v) is 14.5. The number of benzene rings is 1. The monoisotopic (exact) mass is 378 g/mol. The third-order valence-corrected chi connectivity index (χ3v) is 4.30. The fourth-order valence-corrected chi connectivity index (χ4v) is 2.79. The van der Waals surface area contributed by atoms with E-state index in [-0.39, 0.29) is 19.2 Å². The Labute approximate surface area is 154 Å². The summed E-state index contributed by atoms with van der Waals surface area (Å²) in [4.78, 5) is 17.7. The molecule has 3 rings (SSSR count). The highest BCUT2D eigenvalue weighted by Crippen LogP contribution is 2.29. The first-order valence-electron chi connectivity index (χ1n) is 8.15. The normalized spacial score (nSPS) is 16.6. The number of ether oxygens (including phenoxy) is 2. The number of aromatic nitrogens is 1. The molecule has 1 aromatic carbocycles. The fraction of sp³-hybridized carbons (Fsp3) is 0.263. The molecule has 0 bridgehead atoms. The molecule has 1 atom stereocenters. The Bertz CT molecular complexity index is 873. The largest absolute Gasteiger partial charge is 0.447 e. The van der Waals surface area contributed by atoms with E-state index in [1.54, 1.807) is 25.3 Å². The van der Waals surface area contributed by atoms with Gasteiger partial charge in [0.15, 0.2) is 11.6 Å². The lowest BCUT2D eigenvalue weighted by molar-refractivity contribution is -0.0521. The van der Waals surface area contributed by atoms with E-state index in [9.17, 15) is 18.0 Å². The Morgan fingerprint density at radius 2 is 2.19 bits per heavy atom. The maximum atomic E-state index is 13.6. The number of nitrogens with zero attached hydrogens (tertiary/aromatic N) is 2. The van der Waals surface area contributed by atoms with Gasteiger partial charge >= 0.3 is 12.7 Å². The second-order valence-electron chi connectivity index (χ2n) is 6.00. The molecule has 0 aliphatic carbocycles. The maximum absolute atomic E-state index is 13.6. The summed E-state index contributed by atoms with van der Waals surface area (Å²) < 4.78 is 47.7. The number of hydrogen-bond donors (Lipinski definition) is 0. The number of amides is 1. The van der Waals surface area contributed by atoms with Gasteiger partial charge in [-0.05, 0) is 36.2 Å². The number of carbonyl (C=O) groups excluding carboxylic acids is 1. The second kappa shape index (κ2) is 7.69. The minimum Gasteiger partial charge on any atom is -0.447 e. The van der Waals surface area contributed by atoms with E-state index in [0.717, 1.165) is 11.6 Å². The smallest absolute Gasteiger partial charge is 0.410 e. The topological polar surface area (TPSA) is 51.7 Å². The summed E-state index contributed by atoms with van der Waals surface area (Å²) in [6, 6.07) is 5.22. The molecular formula is C19H17F3N2O3. The van der Waals surface area contributed by atoms with Crippen molar-refractivity contribution in [2.24, 2.45) is 0 Å². The van der Waals surface area contributed by atoms with Gasteiger partial charge in [-0.25, -0.2) is 9.18 Å². The number of cyclic esters (lactones) is 1. The van der Waals surface area contributed by atoms with Gasteiger partial charge in [0, 0.05) is 17.5 Å². The molecule has 2 aromatic rings. The number of pyridine rings is 1. The van der Waals surface area contributed by atoms with Crippen LogP contribution in [-0.4, -0.2) is 35.2 Å². The van der Waals surface area contributed by atoms with E-state index >= 15 is 0 Å². The van der Waals surface area contributed by atoms with Crippen LogP contribution in [0.25, 0.3) is 11.1 Å². The lowest BCUT2D eigenvalue weighted by Crippen LogP contribution is -2.31. The summed E-state index contributed by atoms with van der Waals surface area (Å²) in [7, 11) is 0. The quantitative estimate of drug-likeness (QED) is 0.703. The maximum Gasteiger partial charge on any atom is 0.410 e. The molecule has 8 heteroatoms. The van der Waals surface area contributed by atoms with Crippen LogP contribution < -0.4 is 4.74 Å². The van der Waals surface area contributed by atoms with Crippen LogP contribution >= 0.6 is 0 Å². The summed E-state index contributed by atoms with van der Waals surface area (Å²) in [5.74, 6) is -1.42. The molecule has 1 saturated heterocycles. The first kappa shape index (κ1) is 18.8. The zero-order valence-electron chi connectivity index (χ0n) is 14.5. The summed E-state index contributed by atoms with van der Waals surface area (Å²) >= 11 is 0. The van der Waals surface area contributed by atoms with Crippen molar-refractivity contribution in [3.05, 3.63) is 60.2 Å². The fourth-order valence-electron chi connectivity index (χ4n) is 2.79. The van der Waals surface area contributed by atoms with Gasteiger partial charge in [0.05, 0.1) is 12.6 Å². The Kier molecular flexibility index (Phi) is 5.34. The molecule has 142 valence electrons. The molecule has 27 heavy (non-hydrogen) atoms. The van der Waals surface area contributed by atoms with Crippen LogP contribution in [0.3, 0.4) is 0 Å². The van der Waals surface area contributed by atoms with Gasteiger partial charge in [-0.2, -0.15) is 8.78 Å². The third-order valence-electron chi connectivity index (χ3n) is 4.30. The van der Waals surface area contributed by atoms with E-state index < -0.39 is 24.3 Å². The van der Waals surface area contributed by atoms with Crippen molar-refractivity contribution in [1.82, 2.24) is 9.88 Å². The van der Waals surface area contributed by atoms with Gasteiger partial charge in [0.25, 0.3) is 0 Å². The van der Waals surface area contributed by atoms with E-state index in [1.807, 2.05) is 0 Å². The van der Waals surface area contributed by atoms with E-state index in [2.05, 4.69) is 16.3 Å². The molecular weight excluding hydrogens is 361 g/mol. The van der Waals surface area contributed by atoms with E-state index in [0.29, 0.717) is 16.8 Å². The zero-order chi connectivity index (χ0) is 19.6. The van der Waals surface area contributed by atoms with Gasteiger partial charge < -0.3 is 9.47 Å². The number of hydrogen-bond acceptors (Lipinski definition) is 4. The predicted octanol–water partition coefficient (Wildman–Crippen LogP) is 4.30. The van der Waals surface area contributed by atoms with Crippen molar-refractivity contribution in [3.8, 4) is 16.9 Å². The Hall–Kier alpha value is -3.03. The Morgan fingerprint density at radius 1 is 1.41 bits per heavy atom. The van der Waals surface area contributed by atoms with Crippen LogP contribution in [0.1, 0.15) is 11.3 Å². The highest BCUT2D eigenvalue weighted by molar-refractivity contribution is 5.71. The number of aryl methyl sites for hydroxylation is 1. The van der Waals surface area contributed by atoms with Crippen molar-refractivity contribution in [3.63, 3.8) is 0 Å². The summed E-state index contributed by atoms with van der Waals surface area (Å²) in [6.07, 6.45) is 2.73. The average Bonchev–Trinajstić information content (AvgIpc) is 2.98. The molecule has 2 heterocycles. The van der Waals surface area contributed by atoms with Crippen LogP contribution in [-0.2, 0) is 11.3 Å². The van der Waals surface area contributed by atoms with Crippen LogP contribution in [0.5, 0.6) is 5.75 Å². The number of carbonyl (C=O) groups is 1. The average molecular weight is 378 g/mol. The van der Waals surface area contributed by atoms with Crippen LogP contribution in [0.4, 0.5) is 18.0 Å². The van der Waals surface area contributed by atoms with Crippen LogP contribution in [0.2, 0.25) is 0 Å². The lowest BCUT2D eigenvalue weighted by atomic mass is 10.0. The van der Waals surface area contributed by atoms with Crippen LogP contribution in [0, 0.1) is 12.7 Å². The van der Waals surface area contributed by atoms with E-state index in [1.165, 1.54) is 17.0 Å². The minimum atomic E-state index is -3.13. The van der Waals surface area contributed by atoms with Crippen LogP contribution in [0.15, 0.2) is 43.1 Å². The first-order valence-corrected chi connectivity index (χ1v) is 8.15. The molecule has 0 radical (unpaired) electrons. The van der Waals surface area contributed by atoms with Gasteiger partial charge in [0.2, 0.25) is 0 Å². The highest BCUT2D eigenvalue weighted by Gasteiger charge is 2.31. The van der Waals surface area contributed by atoms with Crippen molar-refractivity contribution in [1.29, 1.82) is 0 Å². The SMILES string of the molecule is C=C[C@H]1COC(=O)N1Cc1cc(-c2ccc(F)c(OC(F)F)c2)cnc1C. The van der Waals surface area contributed by atoms with Gasteiger partial charge in [-0.15, -0.1) is 6.58 Å². The molecule has 5 nitrogen and oxygen atoms in total. The van der Waals surface area contributed by atoms with Gasteiger partial charge in [-0.1, -0.05) is 12.1 Å². The van der Waals surface area contributed by atoms with Crippen molar-refractivity contribution in [2.45, 2.75) is 26.1 Å².